The van der Waals surface area contributed by atoms with Gasteiger partial charge in [0.1, 0.15) is 17.3 Å². The van der Waals surface area contributed by atoms with Gasteiger partial charge in [0.2, 0.25) is 5.76 Å². The average molecular weight is 602 g/mol. The lowest BCUT2D eigenvalue weighted by Crippen LogP contribution is -2.30. The summed E-state index contributed by atoms with van der Waals surface area (Å²) in [6.45, 7) is -0.692. The van der Waals surface area contributed by atoms with E-state index in [1.54, 1.807) is 12.1 Å². The van der Waals surface area contributed by atoms with Crippen LogP contribution in [0.3, 0.4) is 0 Å². The van der Waals surface area contributed by atoms with E-state index in [1.807, 2.05) is 0 Å². The average Bonchev–Trinajstić information content (AvgIpc) is 3.47. The smallest absolute Gasteiger partial charge is 0.373 e. The van der Waals surface area contributed by atoms with Crippen molar-refractivity contribution < 1.29 is 42.2 Å². The Morgan fingerprint density at radius 1 is 1.15 bits per heavy atom. The van der Waals surface area contributed by atoms with Crippen LogP contribution in [-0.2, 0) is 20.9 Å². The van der Waals surface area contributed by atoms with Crippen LogP contribution in [0.15, 0.2) is 63.1 Å². The molecule has 4 rings (SSSR count). The summed E-state index contributed by atoms with van der Waals surface area (Å²) in [5.74, 6) is -1.94. The van der Waals surface area contributed by atoms with E-state index in [0.29, 0.717) is 10.0 Å². The lowest BCUT2D eigenvalue weighted by molar-refractivity contribution is -0.123. The second-order valence-electron chi connectivity index (χ2n) is 8.01. The first-order valence-corrected chi connectivity index (χ1v) is 12.0. The van der Waals surface area contributed by atoms with Crippen molar-refractivity contribution >= 4 is 51.5 Å². The molecule has 0 aliphatic carbocycles. The molecular formula is C26H21BrFN3O8. The Morgan fingerprint density at radius 2 is 1.95 bits per heavy atom. The summed E-state index contributed by atoms with van der Waals surface area (Å²) in [7, 11) is 2.60. The number of rotatable bonds is 9. The first-order valence-electron chi connectivity index (χ1n) is 11.3. The third-order valence-electron chi connectivity index (χ3n) is 5.35. The molecule has 0 spiro atoms. The van der Waals surface area contributed by atoms with Gasteiger partial charge in [0.05, 0.1) is 20.8 Å². The molecule has 13 heteroatoms. The van der Waals surface area contributed by atoms with Crippen molar-refractivity contribution in [2.24, 2.45) is 0 Å². The van der Waals surface area contributed by atoms with Gasteiger partial charge < -0.3 is 29.3 Å². The second-order valence-corrected chi connectivity index (χ2v) is 8.93. The Morgan fingerprint density at radius 3 is 2.67 bits per heavy atom. The molecule has 0 saturated carbocycles. The van der Waals surface area contributed by atoms with Gasteiger partial charge in [-0.05, 0) is 48.5 Å². The predicted molar refractivity (Wildman–Crippen MR) is 138 cm³/mol. The van der Waals surface area contributed by atoms with Crippen LogP contribution in [0.1, 0.15) is 21.9 Å². The van der Waals surface area contributed by atoms with Crippen LogP contribution in [0.2, 0.25) is 0 Å². The number of ether oxygens (including phenoxy) is 3. The molecule has 2 N–H and O–H groups in total. The normalized spacial score (nSPS) is 13.8. The number of benzene rings is 2. The summed E-state index contributed by atoms with van der Waals surface area (Å²) in [4.78, 5) is 50.5. The van der Waals surface area contributed by atoms with Gasteiger partial charge in [-0.15, -0.1) is 0 Å². The zero-order valence-electron chi connectivity index (χ0n) is 20.6. The van der Waals surface area contributed by atoms with E-state index in [2.05, 4.69) is 31.3 Å². The lowest BCUT2D eigenvalue weighted by atomic mass is 10.1. The quantitative estimate of drug-likeness (QED) is 0.213. The van der Waals surface area contributed by atoms with Crippen molar-refractivity contribution in [3.8, 4) is 11.5 Å². The molecule has 0 bridgehead atoms. The standard InChI is InChI=1S/C26H21BrFN3O8/c1-36-21-10-15(27)8-14(23(21)38-13-22(32)29-17-5-3-4-16(28)11-17)9-19-24(33)31(26(35)30-19)12-18-6-7-20(39-18)25(34)37-2/h3-11H,12-13H2,1-2H3,(H,29,32)(H,30,35)/b19-9-. The molecule has 39 heavy (non-hydrogen) atoms. The number of furan rings is 1. The van der Waals surface area contributed by atoms with E-state index in [0.717, 1.165) is 11.0 Å². The number of imide groups is 1. The van der Waals surface area contributed by atoms with E-state index in [1.165, 1.54) is 50.6 Å². The van der Waals surface area contributed by atoms with Crippen LogP contribution in [0, 0.1) is 5.82 Å². The van der Waals surface area contributed by atoms with Gasteiger partial charge >= 0.3 is 12.0 Å². The molecule has 1 fully saturated rings. The largest absolute Gasteiger partial charge is 0.493 e. The van der Waals surface area contributed by atoms with Crippen LogP contribution in [0.5, 0.6) is 11.5 Å². The number of carbonyl (C=O) groups excluding carboxylic acids is 4. The molecule has 1 aromatic heterocycles. The number of nitrogens with zero attached hydrogens (tertiary/aromatic N) is 1. The van der Waals surface area contributed by atoms with Gasteiger partial charge in [0.25, 0.3) is 11.8 Å². The lowest BCUT2D eigenvalue weighted by Gasteiger charge is -2.15. The van der Waals surface area contributed by atoms with E-state index in [-0.39, 0.29) is 40.9 Å². The maximum Gasteiger partial charge on any atom is 0.373 e. The fourth-order valence-electron chi connectivity index (χ4n) is 3.60. The highest BCUT2D eigenvalue weighted by molar-refractivity contribution is 9.10. The Bertz CT molecular complexity index is 1490. The first-order chi connectivity index (χ1) is 18.7. The Hall–Kier alpha value is -4.65. The maximum atomic E-state index is 13.4. The molecule has 4 amide bonds. The summed E-state index contributed by atoms with van der Waals surface area (Å²) in [6, 6.07) is 10.7. The van der Waals surface area contributed by atoms with Crippen LogP contribution in [-0.4, -0.2) is 49.5 Å². The summed E-state index contributed by atoms with van der Waals surface area (Å²) in [6.07, 6.45) is 1.37. The van der Waals surface area contributed by atoms with E-state index >= 15 is 0 Å². The van der Waals surface area contributed by atoms with E-state index < -0.39 is 36.2 Å². The van der Waals surface area contributed by atoms with Crippen LogP contribution >= 0.6 is 15.9 Å². The first kappa shape index (κ1) is 27.4. The molecule has 0 unspecified atom stereocenters. The number of carbonyl (C=O) groups is 4. The fraction of sp³-hybridized carbons (Fsp3) is 0.154. The number of anilines is 1. The number of nitrogens with one attached hydrogen (secondary N) is 2. The summed E-state index contributed by atoms with van der Waals surface area (Å²) >= 11 is 3.36. The van der Waals surface area contributed by atoms with Crippen molar-refractivity contribution in [1.82, 2.24) is 10.2 Å². The molecule has 1 aliphatic heterocycles. The number of hydrogen-bond donors (Lipinski definition) is 2. The van der Waals surface area contributed by atoms with Gasteiger partial charge in [-0.1, -0.05) is 22.0 Å². The minimum Gasteiger partial charge on any atom is -0.493 e. The Kier molecular flexibility index (Phi) is 8.30. The van der Waals surface area contributed by atoms with Crippen molar-refractivity contribution in [1.29, 1.82) is 0 Å². The van der Waals surface area contributed by atoms with Crippen LogP contribution in [0.25, 0.3) is 6.08 Å². The van der Waals surface area contributed by atoms with Crippen molar-refractivity contribution in [2.45, 2.75) is 6.54 Å². The fourth-order valence-corrected chi connectivity index (χ4v) is 4.06. The molecule has 202 valence electrons. The minimum atomic E-state index is -0.707. The molecule has 1 saturated heterocycles. The Balaban J connectivity index is 1.53. The zero-order chi connectivity index (χ0) is 28.1. The van der Waals surface area contributed by atoms with Gasteiger partial charge in [0.15, 0.2) is 18.1 Å². The molecule has 3 aromatic rings. The monoisotopic (exact) mass is 601 g/mol. The number of hydrogen-bond acceptors (Lipinski definition) is 8. The third-order valence-corrected chi connectivity index (χ3v) is 5.81. The number of methoxy groups -OCH3 is 2. The number of esters is 1. The van der Waals surface area contributed by atoms with Crippen molar-refractivity contribution in [2.75, 3.05) is 26.1 Å². The van der Waals surface area contributed by atoms with Crippen molar-refractivity contribution in [3.05, 3.63) is 81.6 Å². The summed E-state index contributed by atoms with van der Waals surface area (Å²) < 4.78 is 35.0. The number of urea groups is 1. The highest BCUT2D eigenvalue weighted by Gasteiger charge is 2.35. The highest BCUT2D eigenvalue weighted by Crippen LogP contribution is 2.36. The Labute approximate surface area is 229 Å². The molecule has 1 aliphatic rings. The minimum absolute atomic E-state index is 0.0697. The van der Waals surface area contributed by atoms with Crippen molar-refractivity contribution in [3.63, 3.8) is 0 Å². The number of amides is 4. The van der Waals surface area contributed by atoms with E-state index in [4.69, 9.17) is 13.9 Å². The number of halogens is 2. The topological polar surface area (TPSA) is 136 Å². The SMILES string of the molecule is COC(=O)c1ccc(CN2C(=O)N/C(=C\c3cc(Br)cc(OC)c3OCC(=O)Nc3cccc(F)c3)C2=O)o1. The highest BCUT2D eigenvalue weighted by atomic mass is 79.9. The third kappa shape index (κ3) is 6.44. The molecular weight excluding hydrogens is 581 g/mol. The zero-order valence-corrected chi connectivity index (χ0v) is 22.2. The van der Waals surface area contributed by atoms with Crippen LogP contribution < -0.4 is 20.1 Å². The maximum absolute atomic E-state index is 13.4. The van der Waals surface area contributed by atoms with Gasteiger partial charge in [0, 0.05) is 15.7 Å². The predicted octanol–water partition coefficient (Wildman–Crippen LogP) is 4.09. The molecule has 0 atom stereocenters. The molecule has 11 nitrogen and oxygen atoms in total. The van der Waals surface area contributed by atoms with Gasteiger partial charge in [-0.2, -0.15) is 0 Å². The summed E-state index contributed by atoms with van der Waals surface area (Å²) in [5.41, 5.74) is 0.494. The molecule has 2 heterocycles. The molecule has 2 aromatic carbocycles. The molecule has 0 radical (unpaired) electrons. The van der Waals surface area contributed by atoms with Crippen LogP contribution in [0.4, 0.5) is 14.9 Å². The van der Waals surface area contributed by atoms with Gasteiger partial charge in [-0.3, -0.25) is 14.5 Å². The summed E-state index contributed by atoms with van der Waals surface area (Å²) in [5, 5.41) is 5.01. The van der Waals surface area contributed by atoms with E-state index in [9.17, 15) is 23.6 Å². The van der Waals surface area contributed by atoms with Gasteiger partial charge in [-0.25, -0.2) is 14.0 Å². The second kappa shape index (κ2) is 11.8.